The summed E-state index contributed by atoms with van der Waals surface area (Å²) >= 11 is 0. The van der Waals surface area contributed by atoms with Gasteiger partial charge in [-0.1, -0.05) is 78.3 Å². The molecule has 0 radical (unpaired) electrons. The van der Waals surface area contributed by atoms with Crippen molar-refractivity contribution in [3.63, 3.8) is 0 Å². The fourth-order valence-corrected chi connectivity index (χ4v) is 6.13. The third-order valence-electron chi connectivity index (χ3n) is 8.71. The Hall–Kier alpha value is -3.96. The van der Waals surface area contributed by atoms with Gasteiger partial charge >= 0.3 is 6.09 Å². The van der Waals surface area contributed by atoms with Crippen LogP contribution in [-0.4, -0.2) is 77.2 Å². The highest BCUT2D eigenvalue weighted by Gasteiger charge is 2.70. The molecule has 2 aliphatic rings. The lowest BCUT2D eigenvalue weighted by molar-refractivity contribution is -0.145. The molecule has 0 spiro atoms. The number of ether oxygens (including phenoxy) is 1. The van der Waals surface area contributed by atoms with Crippen LogP contribution in [0.3, 0.4) is 0 Å². The number of nitrogens with one attached hydrogen (secondary N) is 4. The first-order chi connectivity index (χ1) is 21.3. The zero-order chi connectivity index (χ0) is 34.6. The molecule has 1 aromatic carbocycles. The summed E-state index contributed by atoms with van der Waals surface area (Å²) in [7, 11) is 0. The molecular formula is C34H51N5O7. The van der Waals surface area contributed by atoms with Gasteiger partial charge in [0.15, 0.2) is 0 Å². The Morgan fingerprint density at radius 3 is 2.15 bits per heavy atom. The maximum absolute atomic E-state index is 14.0. The largest absolute Gasteiger partial charge is 0.444 e. The van der Waals surface area contributed by atoms with Crippen molar-refractivity contribution >= 4 is 35.5 Å². The molecule has 2 fully saturated rings. The number of carbonyl (C=O) groups is 6. The molecule has 1 aliphatic heterocycles. The van der Waals surface area contributed by atoms with Gasteiger partial charge in [0, 0.05) is 13.1 Å². The van der Waals surface area contributed by atoms with Crippen LogP contribution in [0.4, 0.5) is 4.79 Å². The number of alkyl carbamates (subject to hydrolysis) is 1. The van der Waals surface area contributed by atoms with Crippen LogP contribution >= 0.6 is 0 Å². The van der Waals surface area contributed by atoms with E-state index in [-0.39, 0.29) is 30.2 Å². The third-order valence-corrected chi connectivity index (χ3v) is 8.71. The van der Waals surface area contributed by atoms with Gasteiger partial charge in [-0.3, -0.25) is 24.0 Å². The highest BCUT2D eigenvalue weighted by atomic mass is 16.6. The van der Waals surface area contributed by atoms with Crippen molar-refractivity contribution in [2.45, 2.75) is 105 Å². The van der Waals surface area contributed by atoms with Crippen LogP contribution < -0.4 is 21.3 Å². The Bertz CT molecular complexity index is 1320. The number of hydrogen-bond acceptors (Lipinski definition) is 7. The van der Waals surface area contributed by atoms with E-state index in [1.54, 1.807) is 20.8 Å². The van der Waals surface area contributed by atoms with Gasteiger partial charge in [-0.15, -0.1) is 0 Å². The van der Waals surface area contributed by atoms with Crippen molar-refractivity contribution in [1.29, 1.82) is 0 Å². The number of rotatable bonds is 12. The molecule has 0 aromatic heterocycles. The zero-order valence-electron chi connectivity index (χ0n) is 28.6. The van der Waals surface area contributed by atoms with Crippen LogP contribution in [0.2, 0.25) is 0 Å². The third kappa shape index (κ3) is 9.07. The SMILES string of the molecule is CCCC(NC(=O)[C@@H]1[C@@H]2[C@H](CN1C(=O)[C@@H](NC(=O)OC(C)(C)C)C(C)(C)C)C2(C)C)C(=O)C(=O)NCC(=O)NCc1ccccc1. The van der Waals surface area contributed by atoms with Crippen LogP contribution in [0.1, 0.15) is 80.7 Å². The highest BCUT2D eigenvalue weighted by Crippen LogP contribution is 2.65. The van der Waals surface area contributed by atoms with E-state index in [0.717, 1.165) is 5.56 Å². The van der Waals surface area contributed by atoms with E-state index < -0.39 is 71.2 Å². The van der Waals surface area contributed by atoms with E-state index in [0.29, 0.717) is 13.0 Å². The lowest BCUT2D eigenvalue weighted by atomic mass is 9.85. The van der Waals surface area contributed by atoms with Crippen LogP contribution in [0.5, 0.6) is 0 Å². The molecule has 254 valence electrons. The number of hydrogen-bond donors (Lipinski definition) is 4. The number of Topliss-reactive ketones (excluding diaryl/α,β-unsaturated/α-hetero) is 1. The normalized spacial score (nSPS) is 21.2. The molecule has 1 saturated carbocycles. The van der Waals surface area contributed by atoms with Gasteiger partial charge in [0.2, 0.25) is 23.5 Å². The summed E-state index contributed by atoms with van der Waals surface area (Å²) in [6.45, 7) is 16.7. The number of likely N-dealkylation sites (tertiary alicyclic amines) is 1. The minimum Gasteiger partial charge on any atom is -0.444 e. The van der Waals surface area contributed by atoms with E-state index >= 15 is 0 Å². The minimum atomic E-state index is -1.14. The quantitative estimate of drug-likeness (QED) is 0.255. The van der Waals surface area contributed by atoms with E-state index in [4.69, 9.17) is 4.74 Å². The second-order valence-electron chi connectivity index (χ2n) is 15.0. The molecule has 1 saturated heterocycles. The molecule has 1 unspecified atom stereocenters. The summed E-state index contributed by atoms with van der Waals surface area (Å²) < 4.78 is 5.41. The number of amides is 5. The topological polar surface area (TPSA) is 163 Å². The van der Waals surface area contributed by atoms with Gasteiger partial charge in [0.25, 0.3) is 5.91 Å². The molecule has 5 atom stereocenters. The van der Waals surface area contributed by atoms with Gasteiger partial charge in [0.05, 0.1) is 12.6 Å². The summed E-state index contributed by atoms with van der Waals surface area (Å²) in [6, 6.07) is 6.25. The molecular weight excluding hydrogens is 590 g/mol. The second-order valence-corrected chi connectivity index (χ2v) is 15.0. The summed E-state index contributed by atoms with van der Waals surface area (Å²) in [5, 5.41) is 10.5. The van der Waals surface area contributed by atoms with E-state index in [9.17, 15) is 28.8 Å². The van der Waals surface area contributed by atoms with E-state index in [1.165, 1.54) is 4.90 Å². The first-order valence-electron chi connectivity index (χ1n) is 16.0. The summed E-state index contributed by atoms with van der Waals surface area (Å²) in [6.07, 6.45) is -0.0424. The monoisotopic (exact) mass is 641 g/mol. The number of carbonyl (C=O) groups excluding carboxylic acids is 6. The number of fused-ring (bicyclic) bond motifs is 1. The first-order valence-corrected chi connectivity index (χ1v) is 16.0. The van der Waals surface area contributed by atoms with Crippen LogP contribution in [-0.2, 0) is 35.3 Å². The Balaban J connectivity index is 1.70. The Labute approximate surface area is 272 Å². The Morgan fingerprint density at radius 2 is 1.59 bits per heavy atom. The molecule has 0 bridgehead atoms. The number of benzene rings is 1. The standard InChI is InChI=1S/C34H51N5O7/c1-10-14-22(26(41)29(43)36-18-23(40)35-17-20-15-12-11-13-16-20)37-28(42)25-24-21(34(24,8)9)19-39(25)30(44)27(32(2,3)4)38-31(45)46-33(5,6)7/h11-13,15-16,21-22,24-25,27H,10,14,17-19H2,1-9H3,(H,35,40)(H,36,43)(H,37,42)(H,38,45)/t21-,22?,24-,25-,27+/m0/s1. The van der Waals surface area contributed by atoms with Gasteiger partial charge in [-0.25, -0.2) is 4.79 Å². The zero-order valence-corrected chi connectivity index (χ0v) is 28.6. The molecule has 1 heterocycles. The van der Waals surface area contributed by atoms with Gasteiger partial charge in [-0.05, 0) is 55.4 Å². The molecule has 46 heavy (non-hydrogen) atoms. The maximum Gasteiger partial charge on any atom is 0.408 e. The van der Waals surface area contributed by atoms with Gasteiger partial charge in [0.1, 0.15) is 17.7 Å². The maximum atomic E-state index is 14.0. The second kappa shape index (κ2) is 14.2. The van der Waals surface area contributed by atoms with Crippen LogP contribution in [0, 0.1) is 22.7 Å². The van der Waals surface area contributed by atoms with Gasteiger partial charge < -0.3 is 30.9 Å². The first kappa shape index (κ1) is 36.5. The van der Waals surface area contributed by atoms with Crippen molar-refractivity contribution in [1.82, 2.24) is 26.2 Å². The predicted molar refractivity (Wildman–Crippen MR) is 172 cm³/mol. The summed E-state index contributed by atoms with van der Waals surface area (Å²) in [5.41, 5.74) is -0.789. The lowest BCUT2D eigenvalue weighted by Crippen LogP contribution is -2.60. The predicted octanol–water partition coefficient (Wildman–Crippen LogP) is 2.70. The van der Waals surface area contributed by atoms with E-state index in [1.807, 2.05) is 71.9 Å². The fraction of sp³-hybridized carbons (Fsp3) is 0.647. The lowest BCUT2D eigenvalue weighted by Gasteiger charge is -2.38. The van der Waals surface area contributed by atoms with Crippen LogP contribution in [0.25, 0.3) is 0 Å². The molecule has 12 nitrogen and oxygen atoms in total. The van der Waals surface area contributed by atoms with Gasteiger partial charge in [-0.2, -0.15) is 0 Å². The van der Waals surface area contributed by atoms with Crippen molar-refractivity contribution in [2.75, 3.05) is 13.1 Å². The number of piperidine rings is 1. The van der Waals surface area contributed by atoms with E-state index in [2.05, 4.69) is 21.3 Å². The average Bonchev–Trinajstić information content (AvgIpc) is 3.27. The smallest absolute Gasteiger partial charge is 0.408 e. The number of ketones is 1. The highest BCUT2D eigenvalue weighted by molar-refractivity contribution is 6.38. The van der Waals surface area contributed by atoms with Crippen molar-refractivity contribution in [3.05, 3.63) is 35.9 Å². The van der Waals surface area contributed by atoms with Crippen molar-refractivity contribution in [3.8, 4) is 0 Å². The van der Waals surface area contributed by atoms with Crippen molar-refractivity contribution < 1.29 is 33.5 Å². The Kier molecular flexibility index (Phi) is 11.3. The summed E-state index contributed by atoms with van der Waals surface area (Å²) in [4.78, 5) is 80.4. The van der Waals surface area contributed by atoms with Crippen molar-refractivity contribution in [2.24, 2.45) is 22.7 Å². The Morgan fingerprint density at radius 1 is 0.957 bits per heavy atom. The molecule has 1 aromatic rings. The fourth-order valence-electron chi connectivity index (χ4n) is 6.13. The van der Waals surface area contributed by atoms with Crippen LogP contribution in [0.15, 0.2) is 30.3 Å². The average molecular weight is 642 g/mol. The molecule has 1 aliphatic carbocycles. The molecule has 4 N–H and O–H groups in total. The number of nitrogens with zero attached hydrogens (tertiary/aromatic N) is 1. The molecule has 3 rings (SSSR count). The summed E-state index contributed by atoms with van der Waals surface area (Å²) in [5.74, 6) is -3.35. The molecule has 12 heteroatoms. The minimum absolute atomic E-state index is 0.0624. The molecule has 5 amide bonds.